The molecule has 3 rings (SSSR count). The van der Waals surface area contributed by atoms with E-state index in [9.17, 15) is 4.79 Å². The highest BCUT2D eigenvalue weighted by atomic mass is 28.3. The van der Waals surface area contributed by atoms with Gasteiger partial charge in [-0.3, -0.25) is 14.8 Å². The SMILES string of the molecule is CN=C(NC(C)=NCOCC[Si](C)(C)C)c1ccc(-c2ccc(C3CCC(CC(=O)O)CC3)cc2)nc1. The standard InChI is InChI=1S/C29H42N4O3Si/c1-21(32-20-36-16-17-37(3,4)5)33-29(30-2)26-14-15-27(31-19-26)25-12-10-24(11-13-25)23-8-6-22(7-9-23)18-28(34)35/h10-15,19,22-23H,6-9,16-18,20H2,1-5H3,(H,34,35)(H,30,32,33). The largest absolute Gasteiger partial charge is 0.481 e. The maximum Gasteiger partial charge on any atom is 0.303 e. The van der Waals surface area contributed by atoms with E-state index < -0.39 is 14.0 Å². The van der Waals surface area contributed by atoms with Crippen LogP contribution < -0.4 is 5.32 Å². The molecule has 200 valence electrons. The molecular formula is C29H42N4O3Si. The fourth-order valence-corrected chi connectivity index (χ4v) is 5.39. The molecule has 0 radical (unpaired) electrons. The maximum atomic E-state index is 11.0. The van der Waals surface area contributed by atoms with Crippen LogP contribution in [0.15, 0.2) is 52.6 Å². The molecule has 1 heterocycles. The van der Waals surface area contributed by atoms with Crippen molar-refractivity contribution < 1.29 is 14.6 Å². The van der Waals surface area contributed by atoms with Crippen LogP contribution in [0, 0.1) is 5.92 Å². The van der Waals surface area contributed by atoms with Crippen LogP contribution in [0.3, 0.4) is 0 Å². The first kappa shape index (κ1) is 28.7. The highest BCUT2D eigenvalue weighted by Crippen LogP contribution is 2.37. The van der Waals surface area contributed by atoms with Gasteiger partial charge in [0.2, 0.25) is 0 Å². The van der Waals surface area contributed by atoms with Gasteiger partial charge in [-0.25, -0.2) is 4.99 Å². The Bertz CT molecular complexity index is 1070. The maximum absolute atomic E-state index is 11.0. The fraction of sp³-hybridized carbons (Fsp3) is 0.517. The Hall–Kier alpha value is -2.84. The van der Waals surface area contributed by atoms with Gasteiger partial charge in [0, 0.05) is 45.5 Å². The van der Waals surface area contributed by atoms with Crippen molar-refractivity contribution in [3.05, 3.63) is 53.7 Å². The number of rotatable bonds is 10. The van der Waals surface area contributed by atoms with Crippen LogP contribution in [-0.4, -0.2) is 56.2 Å². The lowest BCUT2D eigenvalue weighted by atomic mass is 9.77. The topological polar surface area (TPSA) is 96.2 Å². The number of hydrogen-bond acceptors (Lipinski definition) is 5. The van der Waals surface area contributed by atoms with Crippen molar-refractivity contribution in [2.45, 2.75) is 70.6 Å². The van der Waals surface area contributed by atoms with Gasteiger partial charge in [0.25, 0.3) is 0 Å². The molecule has 0 amide bonds. The van der Waals surface area contributed by atoms with Crippen LogP contribution in [0.4, 0.5) is 0 Å². The van der Waals surface area contributed by atoms with E-state index in [2.05, 4.69) is 64.2 Å². The number of aliphatic carboxylic acids is 1. The van der Waals surface area contributed by atoms with Gasteiger partial charge in [0.1, 0.15) is 18.4 Å². The minimum atomic E-state index is -1.09. The summed E-state index contributed by atoms with van der Waals surface area (Å²) in [4.78, 5) is 24.5. The van der Waals surface area contributed by atoms with Crippen LogP contribution >= 0.6 is 0 Å². The number of ether oxygens (including phenoxy) is 1. The molecule has 0 atom stereocenters. The van der Waals surface area contributed by atoms with E-state index in [1.54, 1.807) is 7.05 Å². The number of pyridine rings is 1. The monoisotopic (exact) mass is 522 g/mol. The summed E-state index contributed by atoms with van der Waals surface area (Å²) >= 11 is 0. The van der Waals surface area contributed by atoms with Crippen LogP contribution in [0.2, 0.25) is 25.7 Å². The third-order valence-electron chi connectivity index (χ3n) is 6.94. The minimum Gasteiger partial charge on any atom is -0.481 e. The number of nitrogens with zero attached hydrogens (tertiary/aromatic N) is 3. The highest BCUT2D eigenvalue weighted by Gasteiger charge is 2.24. The van der Waals surface area contributed by atoms with Gasteiger partial charge in [0.15, 0.2) is 0 Å². The predicted octanol–water partition coefficient (Wildman–Crippen LogP) is 6.19. The molecule has 0 unspecified atom stereocenters. The summed E-state index contributed by atoms with van der Waals surface area (Å²) in [6, 6.07) is 13.8. The second kappa shape index (κ2) is 13.6. The van der Waals surface area contributed by atoms with E-state index in [0.717, 1.165) is 66.8 Å². The fourth-order valence-electron chi connectivity index (χ4n) is 4.63. The van der Waals surface area contributed by atoms with Crippen LogP contribution in [0.5, 0.6) is 0 Å². The lowest BCUT2D eigenvalue weighted by Crippen LogP contribution is -2.30. The molecule has 0 saturated heterocycles. The van der Waals surface area contributed by atoms with Crippen LogP contribution in [0.25, 0.3) is 11.3 Å². The summed E-state index contributed by atoms with van der Waals surface area (Å²) in [5.74, 6) is 1.63. The van der Waals surface area contributed by atoms with E-state index >= 15 is 0 Å². The zero-order chi connectivity index (χ0) is 26.8. The normalized spacial score (nSPS) is 19.1. The summed E-state index contributed by atoms with van der Waals surface area (Å²) in [6.07, 6.45) is 6.24. The number of carboxylic acid groups (broad SMARTS) is 1. The zero-order valence-electron chi connectivity index (χ0n) is 23.0. The highest BCUT2D eigenvalue weighted by molar-refractivity contribution is 6.76. The van der Waals surface area contributed by atoms with Crippen molar-refractivity contribution in [3.8, 4) is 11.3 Å². The zero-order valence-corrected chi connectivity index (χ0v) is 24.0. The van der Waals surface area contributed by atoms with Crippen molar-refractivity contribution in [2.24, 2.45) is 15.9 Å². The van der Waals surface area contributed by atoms with E-state index in [1.165, 1.54) is 5.56 Å². The number of aliphatic imine (C=N–C) groups is 2. The average molecular weight is 523 g/mol. The molecule has 2 aromatic rings. The molecular weight excluding hydrogens is 480 g/mol. The first-order valence-electron chi connectivity index (χ1n) is 13.3. The molecule has 1 aliphatic rings. The number of carbonyl (C=O) groups is 1. The van der Waals surface area contributed by atoms with E-state index in [-0.39, 0.29) is 0 Å². The predicted molar refractivity (Wildman–Crippen MR) is 154 cm³/mol. The Morgan fingerprint density at radius 1 is 1.11 bits per heavy atom. The third kappa shape index (κ3) is 9.52. The van der Waals surface area contributed by atoms with Gasteiger partial charge in [-0.2, -0.15) is 0 Å². The smallest absolute Gasteiger partial charge is 0.303 e. The number of aromatic nitrogens is 1. The van der Waals surface area contributed by atoms with Gasteiger partial charge < -0.3 is 15.2 Å². The van der Waals surface area contributed by atoms with Crippen molar-refractivity contribution in [1.82, 2.24) is 10.3 Å². The average Bonchev–Trinajstić information content (AvgIpc) is 2.87. The second-order valence-electron chi connectivity index (χ2n) is 11.2. The number of carboxylic acids is 1. The van der Waals surface area contributed by atoms with Crippen molar-refractivity contribution in [2.75, 3.05) is 20.4 Å². The van der Waals surface area contributed by atoms with Crippen molar-refractivity contribution in [1.29, 1.82) is 0 Å². The van der Waals surface area contributed by atoms with Gasteiger partial charge in [-0.05, 0) is 68.2 Å². The summed E-state index contributed by atoms with van der Waals surface area (Å²) < 4.78 is 5.66. The molecule has 1 saturated carbocycles. The summed E-state index contributed by atoms with van der Waals surface area (Å²) in [6.45, 7) is 10.0. The van der Waals surface area contributed by atoms with Crippen LogP contribution in [0.1, 0.15) is 56.1 Å². The van der Waals surface area contributed by atoms with Crippen molar-refractivity contribution >= 4 is 25.7 Å². The third-order valence-corrected chi connectivity index (χ3v) is 8.64. The van der Waals surface area contributed by atoms with E-state index in [1.807, 2.05) is 25.3 Å². The lowest BCUT2D eigenvalue weighted by Gasteiger charge is -2.28. The Labute approximate surface area is 222 Å². The quantitative estimate of drug-likeness (QED) is 0.168. The van der Waals surface area contributed by atoms with Gasteiger partial charge in [-0.1, -0.05) is 43.9 Å². The Morgan fingerprint density at radius 3 is 2.38 bits per heavy atom. The molecule has 8 heteroatoms. The molecule has 1 aromatic carbocycles. The molecule has 1 aliphatic carbocycles. The Balaban J connectivity index is 1.53. The van der Waals surface area contributed by atoms with E-state index in [0.29, 0.717) is 25.0 Å². The molecule has 37 heavy (non-hydrogen) atoms. The molecule has 2 N–H and O–H groups in total. The summed E-state index contributed by atoms with van der Waals surface area (Å²) in [5, 5.41) is 12.3. The van der Waals surface area contributed by atoms with Gasteiger partial charge >= 0.3 is 5.97 Å². The number of amidine groups is 2. The molecule has 0 bridgehead atoms. The number of benzene rings is 1. The van der Waals surface area contributed by atoms with Crippen LogP contribution in [-0.2, 0) is 9.53 Å². The van der Waals surface area contributed by atoms with Gasteiger partial charge in [0.05, 0.1) is 5.69 Å². The number of nitrogens with one attached hydrogen (secondary N) is 1. The number of hydrogen-bond donors (Lipinski definition) is 2. The molecule has 1 aromatic heterocycles. The summed E-state index contributed by atoms with van der Waals surface area (Å²) in [5.41, 5.74) is 4.22. The first-order valence-corrected chi connectivity index (χ1v) is 17.0. The van der Waals surface area contributed by atoms with Gasteiger partial charge in [-0.15, -0.1) is 0 Å². The second-order valence-corrected chi connectivity index (χ2v) is 16.8. The summed E-state index contributed by atoms with van der Waals surface area (Å²) in [7, 11) is 0.662. The molecule has 0 spiro atoms. The lowest BCUT2D eigenvalue weighted by molar-refractivity contribution is -0.138. The van der Waals surface area contributed by atoms with E-state index in [4.69, 9.17) is 9.84 Å². The van der Waals surface area contributed by atoms with Crippen molar-refractivity contribution in [3.63, 3.8) is 0 Å². The minimum absolute atomic E-state index is 0.299. The molecule has 1 fully saturated rings. The first-order chi connectivity index (χ1) is 17.6. The Morgan fingerprint density at radius 2 is 1.81 bits per heavy atom. The molecule has 0 aliphatic heterocycles. The molecule has 7 nitrogen and oxygen atoms in total. The Kier molecular flexibility index (Phi) is 10.6.